The third kappa shape index (κ3) is 11.0. The van der Waals surface area contributed by atoms with E-state index in [2.05, 4.69) is 10.6 Å². The first kappa shape index (κ1) is 12.8. The largest absolute Gasteiger partial charge is 0.381 e. The maximum atomic E-state index is 8.26. The monoisotopic (exact) mass is 169 g/mol. The van der Waals surface area contributed by atoms with Crippen LogP contribution < -0.4 is 16.4 Å². The molecule has 0 aromatic rings. The fourth-order valence-corrected chi connectivity index (χ4v) is 0.483. The molecule has 10 heavy (non-hydrogen) atoms. The third-order valence-electron chi connectivity index (χ3n) is 0.911. The van der Waals surface area contributed by atoms with E-state index in [1.54, 1.807) is 0 Å². The summed E-state index contributed by atoms with van der Waals surface area (Å²) in [7, 11) is 0. The van der Waals surface area contributed by atoms with Gasteiger partial charge in [0.05, 0.1) is 6.73 Å². The van der Waals surface area contributed by atoms with Crippen molar-refractivity contribution in [3.8, 4) is 0 Å². The van der Waals surface area contributed by atoms with Gasteiger partial charge in [0, 0.05) is 26.2 Å². The number of aliphatic hydroxyl groups excluding tert-OH is 1. The van der Waals surface area contributed by atoms with Gasteiger partial charge in [-0.1, -0.05) is 0 Å². The summed E-state index contributed by atoms with van der Waals surface area (Å²) in [5.41, 5.74) is 5.21. The summed E-state index contributed by atoms with van der Waals surface area (Å²) >= 11 is 0. The lowest BCUT2D eigenvalue weighted by molar-refractivity contribution is 0.261. The van der Waals surface area contributed by atoms with Gasteiger partial charge in [-0.25, -0.2) is 0 Å². The van der Waals surface area contributed by atoms with Crippen LogP contribution in [0.1, 0.15) is 0 Å². The molecule has 0 aliphatic heterocycles. The van der Waals surface area contributed by atoms with E-state index in [0.29, 0.717) is 6.54 Å². The standard InChI is InChI=1S/C5H15N3O.ClH/c6-1-2-7-3-4-8-5-9;/h7-9H,1-6H2;1H. The van der Waals surface area contributed by atoms with Crippen molar-refractivity contribution in [2.45, 2.75) is 0 Å². The number of aliphatic hydroxyl groups is 1. The maximum absolute atomic E-state index is 8.26. The molecule has 4 nitrogen and oxygen atoms in total. The van der Waals surface area contributed by atoms with Gasteiger partial charge in [0.15, 0.2) is 0 Å². The second kappa shape index (κ2) is 11.9. The van der Waals surface area contributed by atoms with Crippen LogP contribution in [0.25, 0.3) is 0 Å². The molecule has 0 heterocycles. The van der Waals surface area contributed by atoms with Crippen molar-refractivity contribution in [1.29, 1.82) is 0 Å². The predicted molar refractivity (Wildman–Crippen MR) is 44.3 cm³/mol. The number of nitrogens with one attached hydrogen (secondary N) is 2. The fraction of sp³-hybridized carbons (Fsp3) is 1.00. The molecule has 0 aromatic heterocycles. The first-order valence-corrected chi connectivity index (χ1v) is 3.14. The summed E-state index contributed by atoms with van der Waals surface area (Å²) in [5, 5.41) is 14.1. The number of hydrogen-bond acceptors (Lipinski definition) is 4. The number of halogens is 1. The van der Waals surface area contributed by atoms with Crippen LogP contribution in [-0.4, -0.2) is 38.0 Å². The fourth-order valence-electron chi connectivity index (χ4n) is 0.483. The smallest absolute Gasteiger partial charge is 0.0931 e. The molecule has 0 aromatic carbocycles. The van der Waals surface area contributed by atoms with Gasteiger partial charge in [-0.05, 0) is 0 Å². The van der Waals surface area contributed by atoms with Crippen molar-refractivity contribution >= 4 is 12.4 Å². The number of hydrogen-bond donors (Lipinski definition) is 4. The lowest BCUT2D eigenvalue weighted by Crippen LogP contribution is -2.30. The molecule has 0 aliphatic rings. The van der Waals surface area contributed by atoms with Crippen LogP contribution in [0.4, 0.5) is 0 Å². The van der Waals surface area contributed by atoms with Gasteiger partial charge in [-0.15, -0.1) is 12.4 Å². The first-order valence-electron chi connectivity index (χ1n) is 3.14. The minimum Gasteiger partial charge on any atom is -0.381 e. The molecule has 0 saturated carbocycles. The zero-order valence-corrected chi connectivity index (χ0v) is 6.78. The van der Waals surface area contributed by atoms with Crippen LogP contribution in [0, 0.1) is 0 Å². The molecule has 0 bridgehead atoms. The Balaban J connectivity index is 0. The molecule has 0 rings (SSSR count). The van der Waals surface area contributed by atoms with E-state index in [4.69, 9.17) is 10.8 Å². The van der Waals surface area contributed by atoms with Crippen LogP contribution in [-0.2, 0) is 0 Å². The summed E-state index contributed by atoms with van der Waals surface area (Å²) in [6, 6.07) is 0. The second-order valence-corrected chi connectivity index (χ2v) is 1.70. The molecule has 0 amide bonds. The van der Waals surface area contributed by atoms with E-state index in [9.17, 15) is 0 Å². The minimum atomic E-state index is 0. The number of nitrogens with two attached hydrogens (primary N) is 1. The summed E-state index contributed by atoms with van der Waals surface area (Å²) in [6.07, 6.45) is 0. The Labute approximate surface area is 67.6 Å². The Morgan fingerprint density at radius 3 is 2.20 bits per heavy atom. The van der Waals surface area contributed by atoms with Crippen molar-refractivity contribution in [1.82, 2.24) is 10.6 Å². The van der Waals surface area contributed by atoms with Crippen molar-refractivity contribution < 1.29 is 5.11 Å². The van der Waals surface area contributed by atoms with Crippen molar-refractivity contribution in [2.24, 2.45) is 5.73 Å². The van der Waals surface area contributed by atoms with E-state index in [-0.39, 0.29) is 19.1 Å². The number of rotatable bonds is 6. The highest BCUT2D eigenvalue weighted by atomic mass is 35.5. The Kier molecular flexibility index (Phi) is 15.2. The van der Waals surface area contributed by atoms with Gasteiger partial charge in [0.2, 0.25) is 0 Å². The van der Waals surface area contributed by atoms with Gasteiger partial charge in [-0.2, -0.15) is 0 Å². The third-order valence-corrected chi connectivity index (χ3v) is 0.911. The van der Waals surface area contributed by atoms with E-state index in [1.165, 1.54) is 0 Å². The zero-order chi connectivity index (χ0) is 6.95. The average molecular weight is 170 g/mol. The van der Waals surface area contributed by atoms with E-state index in [1.807, 2.05) is 0 Å². The highest BCUT2D eigenvalue weighted by molar-refractivity contribution is 5.85. The molecule has 0 atom stereocenters. The molecule has 0 saturated heterocycles. The maximum Gasteiger partial charge on any atom is 0.0931 e. The highest BCUT2D eigenvalue weighted by Gasteiger charge is 1.82. The van der Waals surface area contributed by atoms with Crippen molar-refractivity contribution in [3.63, 3.8) is 0 Å². The predicted octanol–water partition coefficient (Wildman–Crippen LogP) is -1.50. The molecule has 0 unspecified atom stereocenters. The Bertz CT molecular complexity index is 50.2. The van der Waals surface area contributed by atoms with Gasteiger partial charge in [0.25, 0.3) is 0 Å². The Morgan fingerprint density at radius 1 is 1.10 bits per heavy atom. The average Bonchev–Trinajstić information content (AvgIpc) is 1.89. The molecule has 64 valence electrons. The van der Waals surface area contributed by atoms with Gasteiger partial charge in [-0.3, -0.25) is 5.32 Å². The molecular formula is C5H16ClN3O. The topological polar surface area (TPSA) is 70.3 Å². The molecule has 0 fully saturated rings. The second-order valence-electron chi connectivity index (χ2n) is 1.70. The summed E-state index contributed by atoms with van der Waals surface area (Å²) in [5.74, 6) is 0. The van der Waals surface area contributed by atoms with Crippen molar-refractivity contribution in [3.05, 3.63) is 0 Å². The van der Waals surface area contributed by atoms with E-state index >= 15 is 0 Å². The summed E-state index contributed by atoms with van der Waals surface area (Å²) < 4.78 is 0. The minimum absolute atomic E-state index is 0. The molecular weight excluding hydrogens is 154 g/mol. The molecule has 0 radical (unpaired) electrons. The van der Waals surface area contributed by atoms with Gasteiger partial charge < -0.3 is 16.2 Å². The summed E-state index contributed by atoms with van der Waals surface area (Å²) in [4.78, 5) is 0. The molecule has 0 spiro atoms. The van der Waals surface area contributed by atoms with Crippen LogP contribution in [0.15, 0.2) is 0 Å². The normalized spacial score (nSPS) is 9.00. The molecule has 0 aliphatic carbocycles. The van der Waals surface area contributed by atoms with E-state index in [0.717, 1.165) is 19.6 Å². The van der Waals surface area contributed by atoms with Crippen LogP contribution in [0.2, 0.25) is 0 Å². The molecule has 5 N–H and O–H groups in total. The Hall–Kier alpha value is 0.130. The van der Waals surface area contributed by atoms with Gasteiger partial charge >= 0.3 is 0 Å². The Morgan fingerprint density at radius 2 is 1.70 bits per heavy atom. The summed E-state index contributed by atoms with van der Waals surface area (Å²) in [6.45, 7) is 3.20. The van der Waals surface area contributed by atoms with Crippen LogP contribution in [0.3, 0.4) is 0 Å². The SMILES string of the molecule is Cl.NCCNCCNCO. The first-order chi connectivity index (χ1) is 4.41. The highest BCUT2D eigenvalue weighted by Crippen LogP contribution is 1.55. The lowest BCUT2D eigenvalue weighted by Gasteiger charge is -2.01. The quantitative estimate of drug-likeness (QED) is 0.289. The molecule has 5 heteroatoms. The van der Waals surface area contributed by atoms with E-state index < -0.39 is 0 Å². The van der Waals surface area contributed by atoms with Gasteiger partial charge in [0.1, 0.15) is 0 Å². The zero-order valence-electron chi connectivity index (χ0n) is 5.97. The van der Waals surface area contributed by atoms with Crippen LogP contribution >= 0.6 is 12.4 Å². The van der Waals surface area contributed by atoms with Crippen LogP contribution in [0.5, 0.6) is 0 Å². The van der Waals surface area contributed by atoms with Crippen molar-refractivity contribution in [2.75, 3.05) is 32.9 Å². The lowest BCUT2D eigenvalue weighted by atomic mass is 10.5.